The van der Waals surface area contributed by atoms with Crippen molar-refractivity contribution in [1.29, 1.82) is 0 Å². The smallest absolute Gasteiger partial charge is 0.262 e. The lowest BCUT2D eigenvalue weighted by atomic mass is 10.2. The van der Waals surface area contributed by atoms with Crippen LogP contribution in [0.15, 0.2) is 48.5 Å². The molecule has 7 heteroatoms. The number of benzene rings is 2. The van der Waals surface area contributed by atoms with E-state index in [2.05, 4.69) is 10.6 Å². The van der Waals surface area contributed by atoms with E-state index in [0.29, 0.717) is 22.9 Å². The Labute approximate surface area is 146 Å². The number of methoxy groups -OCH3 is 1. The minimum atomic E-state index is -0.344. The molecule has 2 aromatic rings. The van der Waals surface area contributed by atoms with Gasteiger partial charge >= 0.3 is 0 Å². The maximum atomic E-state index is 12.1. The Bertz CT molecular complexity index is 734. The van der Waals surface area contributed by atoms with Crippen molar-refractivity contribution in [1.82, 2.24) is 0 Å². The number of carbonyl (C=O) groups is 2. The van der Waals surface area contributed by atoms with Crippen LogP contribution in [0.3, 0.4) is 0 Å². The first-order valence-electron chi connectivity index (χ1n) is 7.78. The van der Waals surface area contributed by atoms with E-state index in [-0.39, 0.29) is 31.4 Å². The molecule has 2 aromatic carbocycles. The summed E-state index contributed by atoms with van der Waals surface area (Å²) in [6.45, 7) is 0.0903. The van der Waals surface area contributed by atoms with E-state index in [9.17, 15) is 9.59 Å². The predicted octanol–water partition coefficient (Wildman–Crippen LogP) is 2.00. The lowest BCUT2D eigenvalue weighted by molar-refractivity contribution is -0.118. The predicted molar refractivity (Wildman–Crippen MR) is 95.9 cm³/mol. The first kappa shape index (κ1) is 18.3. The van der Waals surface area contributed by atoms with Crippen LogP contribution in [0.2, 0.25) is 0 Å². The Kier molecular flexibility index (Phi) is 6.79. The molecule has 0 aliphatic heterocycles. The van der Waals surface area contributed by atoms with Crippen molar-refractivity contribution in [3.05, 3.63) is 48.5 Å². The molecule has 0 aliphatic rings. The van der Waals surface area contributed by atoms with E-state index in [1.165, 1.54) is 0 Å². The summed E-state index contributed by atoms with van der Waals surface area (Å²) in [5.74, 6) is 0.616. The molecule has 2 rings (SSSR count). The second kappa shape index (κ2) is 9.29. The van der Waals surface area contributed by atoms with Gasteiger partial charge in [0, 0.05) is 19.0 Å². The van der Waals surface area contributed by atoms with Crippen molar-refractivity contribution in [3.8, 4) is 11.5 Å². The van der Waals surface area contributed by atoms with E-state index in [0.717, 1.165) is 0 Å². The van der Waals surface area contributed by atoms with Crippen molar-refractivity contribution >= 4 is 23.2 Å². The van der Waals surface area contributed by atoms with Gasteiger partial charge in [-0.25, -0.2) is 0 Å². The van der Waals surface area contributed by atoms with Crippen LogP contribution < -0.4 is 25.8 Å². The minimum absolute atomic E-state index is 0.168. The molecule has 0 saturated carbocycles. The Morgan fingerprint density at radius 1 is 0.960 bits per heavy atom. The topological polar surface area (TPSA) is 103 Å². The number of hydrogen-bond donors (Lipinski definition) is 3. The van der Waals surface area contributed by atoms with Crippen molar-refractivity contribution in [2.75, 3.05) is 30.9 Å². The van der Waals surface area contributed by atoms with E-state index in [4.69, 9.17) is 15.2 Å². The fourth-order valence-electron chi connectivity index (χ4n) is 2.07. The molecule has 0 unspecified atom stereocenters. The molecule has 0 fully saturated rings. The molecule has 0 spiro atoms. The van der Waals surface area contributed by atoms with Gasteiger partial charge < -0.3 is 25.8 Å². The molecule has 2 amide bonds. The van der Waals surface area contributed by atoms with Gasteiger partial charge in [0.15, 0.2) is 6.61 Å². The summed E-state index contributed by atoms with van der Waals surface area (Å²) in [7, 11) is 1.56. The largest absolute Gasteiger partial charge is 0.497 e. The summed E-state index contributed by atoms with van der Waals surface area (Å²) in [5.41, 5.74) is 6.36. The van der Waals surface area contributed by atoms with Gasteiger partial charge in [0.05, 0.1) is 18.5 Å². The zero-order valence-corrected chi connectivity index (χ0v) is 14.0. The number of hydrogen-bond acceptors (Lipinski definition) is 5. The zero-order chi connectivity index (χ0) is 18.1. The van der Waals surface area contributed by atoms with Crippen LogP contribution in [0.4, 0.5) is 11.4 Å². The second-order valence-corrected chi connectivity index (χ2v) is 5.15. The van der Waals surface area contributed by atoms with Crippen LogP contribution in [-0.2, 0) is 9.59 Å². The Morgan fingerprint density at radius 3 is 2.24 bits per heavy atom. The highest BCUT2D eigenvalue weighted by Gasteiger charge is 2.10. The molecule has 0 saturated heterocycles. The van der Waals surface area contributed by atoms with Gasteiger partial charge in [-0.3, -0.25) is 9.59 Å². The molecule has 0 aromatic heterocycles. The number of carbonyl (C=O) groups excluding carboxylic acids is 2. The van der Waals surface area contributed by atoms with Crippen molar-refractivity contribution in [2.45, 2.75) is 6.42 Å². The fourth-order valence-corrected chi connectivity index (χ4v) is 2.07. The number of anilines is 2. The summed E-state index contributed by atoms with van der Waals surface area (Å²) in [5, 5.41) is 5.43. The fraction of sp³-hybridized carbons (Fsp3) is 0.222. The lowest BCUT2D eigenvalue weighted by Crippen LogP contribution is -2.22. The minimum Gasteiger partial charge on any atom is -0.497 e. The Morgan fingerprint density at radius 2 is 1.60 bits per heavy atom. The SMILES string of the molecule is COc1cccc(OCC(=O)Nc2ccccc2NC(=O)CCN)c1. The average molecular weight is 343 g/mol. The lowest BCUT2D eigenvalue weighted by Gasteiger charge is -2.12. The maximum absolute atomic E-state index is 12.1. The molecule has 0 atom stereocenters. The molecule has 0 bridgehead atoms. The number of para-hydroxylation sites is 2. The quantitative estimate of drug-likeness (QED) is 0.680. The number of amides is 2. The van der Waals surface area contributed by atoms with E-state index in [1.807, 2.05) is 0 Å². The third kappa shape index (κ3) is 5.82. The third-order valence-electron chi connectivity index (χ3n) is 3.26. The molecular weight excluding hydrogens is 322 g/mol. The van der Waals surface area contributed by atoms with E-state index >= 15 is 0 Å². The van der Waals surface area contributed by atoms with Gasteiger partial charge in [-0.05, 0) is 24.3 Å². The molecule has 4 N–H and O–H groups in total. The van der Waals surface area contributed by atoms with Crippen LogP contribution >= 0.6 is 0 Å². The molecule has 0 heterocycles. The van der Waals surface area contributed by atoms with Crippen LogP contribution in [0.25, 0.3) is 0 Å². The monoisotopic (exact) mass is 343 g/mol. The maximum Gasteiger partial charge on any atom is 0.262 e. The highest BCUT2D eigenvalue weighted by molar-refractivity contribution is 5.99. The molecule has 25 heavy (non-hydrogen) atoms. The molecule has 0 aliphatic carbocycles. The van der Waals surface area contributed by atoms with Gasteiger partial charge in [0.2, 0.25) is 5.91 Å². The average Bonchev–Trinajstić information content (AvgIpc) is 2.62. The van der Waals surface area contributed by atoms with Gasteiger partial charge in [0.25, 0.3) is 5.91 Å². The summed E-state index contributed by atoms with van der Waals surface area (Å²) in [6, 6.07) is 13.9. The number of nitrogens with one attached hydrogen (secondary N) is 2. The van der Waals surface area contributed by atoms with Crippen LogP contribution in [0.1, 0.15) is 6.42 Å². The second-order valence-electron chi connectivity index (χ2n) is 5.15. The van der Waals surface area contributed by atoms with Gasteiger partial charge in [-0.1, -0.05) is 18.2 Å². The first-order chi connectivity index (χ1) is 12.1. The van der Waals surface area contributed by atoms with E-state index < -0.39 is 0 Å². The van der Waals surface area contributed by atoms with Gasteiger partial charge in [-0.15, -0.1) is 0 Å². The first-order valence-corrected chi connectivity index (χ1v) is 7.78. The number of nitrogens with two attached hydrogens (primary N) is 1. The van der Waals surface area contributed by atoms with Crippen molar-refractivity contribution in [2.24, 2.45) is 5.73 Å². The summed E-state index contributed by atoms with van der Waals surface area (Å²) in [6.07, 6.45) is 0.210. The van der Waals surface area contributed by atoms with Crippen LogP contribution in [-0.4, -0.2) is 32.1 Å². The number of ether oxygens (including phenoxy) is 2. The van der Waals surface area contributed by atoms with E-state index in [1.54, 1.807) is 55.6 Å². The highest BCUT2D eigenvalue weighted by atomic mass is 16.5. The zero-order valence-electron chi connectivity index (χ0n) is 14.0. The third-order valence-corrected chi connectivity index (χ3v) is 3.26. The summed E-state index contributed by atoms with van der Waals surface area (Å²) >= 11 is 0. The molecule has 0 radical (unpaired) electrons. The normalized spacial score (nSPS) is 10.0. The molecule has 7 nitrogen and oxygen atoms in total. The van der Waals surface area contributed by atoms with Gasteiger partial charge in [0.1, 0.15) is 11.5 Å². The van der Waals surface area contributed by atoms with Gasteiger partial charge in [-0.2, -0.15) is 0 Å². The summed E-state index contributed by atoms with van der Waals surface area (Å²) in [4.78, 5) is 23.8. The number of rotatable bonds is 8. The van der Waals surface area contributed by atoms with Crippen LogP contribution in [0, 0.1) is 0 Å². The summed E-state index contributed by atoms with van der Waals surface area (Å²) < 4.78 is 10.5. The standard InChI is InChI=1S/C18H21N3O4/c1-24-13-5-4-6-14(11-13)25-12-18(23)21-16-8-3-2-7-15(16)20-17(22)9-10-19/h2-8,11H,9-10,12,19H2,1H3,(H,20,22)(H,21,23). The van der Waals surface area contributed by atoms with Crippen molar-refractivity contribution in [3.63, 3.8) is 0 Å². The van der Waals surface area contributed by atoms with Crippen molar-refractivity contribution < 1.29 is 19.1 Å². The molecular formula is C18H21N3O4. The van der Waals surface area contributed by atoms with Crippen LogP contribution in [0.5, 0.6) is 11.5 Å². The highest BCUT2D eigenvalue weighted by Crippen LogP contribution is 2.22. The Balaban J connectivity index is 1.94. The molecule has 132 valence electrons. The Hall–Kier alpha value is -3.06.